The molecule has 0 aromatic rings. The van der Waals surface area contributed by atoms with Crippen LogP contribution in [0.5, 0.6) is 0 Å². The van der Waals surface area contributed by atoms with E-state index in [9.17, 15) is 26.4 Å². The van der Waals surface area contributed by atoms with E-state index >= 15 is 0 Å². The summed E-state index contributed by atoms with van der Waals surface area (Å²) in [5.41, 5.74) is 1.35. The topological polar surface area (TPSA) is 60.9 Å². The van der Waals surface area contributed by atoms with Crippen molar-refractivity contribution in [3.8, 4) is 0 Å². The second kappa shape index (κ2) is 8.71. The highest BCUT2D eigenvalue weighted by Gasteiger charge is 2.39. The van der Waals surface area contributed by atoms with Gasteiger partial charge in [0.05, 0.1) is 6.54 Å². The second-order valence-electron chi connectivity index (χ2n) is 7.91. The molecule has 0 N–H and O–H groups in total. The van der Waals surface area contributed by atoms with Crippen molar-refractivity contribution in [2.45, 2.75) is 38.3 Å². The molecule has 10 heteroatoms. The maximum absolute atomic E-state index is 12.7. The van der Waals surface area contributed by atoms with Gasteiger partial charge in [0, 0.05) is 32.7 Å². The van der Waals surface area contributed by atoms with Gasteiger partial charge in [-0.3, -0.25) is 9.69 Å². The number of alkyl halides is 3. The zero-order valence-electron chi connectivity index (χ0n) is 16.0. The minimum absolute atomic E-state index is 0.0107. The van der Waals surface area contributed by atoms with Crippen molar-refractivity contribution in [3.63, 3.8) is 0 Å². The molecule has 3 rings (SSSR count). The third kappa shape index (κ3) is 5.70. The van der Waals surface area contributed by atoms with Crippen LogP contribution in [0.15, 0.2) is 11.6 Å². The molecule has 0 aromatic carbocycles. The van der Waals surface area contributed by atoms with Crippen molar-refractivity contribution in [2.24, 2.45) is 5.92 Å². The normalized spacial score (nSPS) is 25.8. The third-order valence-electron chi connectivity index (χ3n) is 5.81. The molecule has 2 saturated heterocycles. The summed E-state index contributed by atoms with van der Waals surface area (Å²) >= 11 is 0. The summed E-state index contributed by atoms with van der Waals surface area (Å²) in [6, 6.07) is 0. The van der Waals surface area contributed by atoms with Crippen LogP contribution < -0.4 is 0 Å². The fourth-order valence-corrected chi connectivity index (χ4v) is 5.69. The number of hydrogen-bond donors (Lipinski definition) is 0. The van der Waals surface area contributed by atoms with Gasteiger partial charge in [0.15, 0.2) is 5.75 Å². The number of fused-ring (bicyclic) bond motifs is 1. The van der Waals surface area contributed by atoms with Crippen LogP contribution in [0.3, 0.4) is 0 Å². The molecule has 0 aromatic heterocycles. The van der Waals surface area contributed by atoms with E-state index in [1.165, 1.54) is 18.4 Å². The van der Waals surface area contributed by atoms with Gasteiger partial charge in [-0.25, -0.2) is 12.7 Å². The third-order valence-corrected chi connectivity index (χ3v) is 7.65. The predicted molar refractivity (Wildman–Crippen MR) is 99.1 cm³/mol. The Morgan fingerprint density at radius 1 is 1.07 bits per heavy atom. The number of piperidine rings is 1. The predicted octanol–water partition coefficient (Wildman–Crippen LogP) is 1.84. The van der Waals surface area contributed by atoms with E-state index in [1.807, 2.05) is 9.80 Å². The lowest BCUT2D eigenvalue weighted by Crippen LogP contribution is -2.46. The number of amides is 1. The molecule has 6 nitrogen and oxygen atoms in total. The summed E-state index contributed by atoms with van der Waals surface area (Å²) in [7, 11) is -4.37. The van der Waals surface area contributed by atoms with Gasteiger partial charge in [0.1, 0.15) is 0 Å². The lowest BCUT2D eigenvalue weighted by molar-refractivity contribution is -0.132. The smallest absolute Gasteiger partial charge is 0.338 e. The van der Waals surface area contributed by atoms with Gasteiger partial charge in [-0.15, -0.1) is 0 Å². The van der Waals surface area contributed by atoms with Gasteiger partial charge in [0.2, 0.25) is 15.9 Å². The Bertz CT molecular complexity index is 709. The monoisotopic (exact) mass is 423 g/mol. The Kier molecular flexibility index (Phi) is 6.71. The van der Waals surface area contributed by atoms with E-state index in [0.717, 1.165) is 23.7 Å². The molecule has 0 radical (unpaired) electrons. The van der Waals surface area contributed by atoms with Crippen molar-refractivity contribution in [1.82, 2.24) is 14.1 Å². The van der Waals surface area contributed by atoms with Crippen LogP contribution in [0.4, 0.5) is 13.2 Å². The van der Waals surface area contributed by atoms with E-state index in [1.54, 1.807) is 0 Å². The number of nitrogens with zero attached hydrogens (tertiary/aromatic N) is 3. The molecule has 1 aliphatic carbocycles. The van der Waals surface area contributed by atoms with Crippen LogP contribution in [0.1, 0.15) is 32.1 Å². The van der Waals surface area contributed by atoms with Gasteiger partial charge < -0.3 is 4.90 Å². The van der Waals surface area contributed by atoms with E-state index in [-0.39, 0.29) is 32.1 Å². The lowest BCUT2D eigenvalue weighted by Gasteiger charge is -2.37. The molecule has 160 valence electrons. The first-order valence-corrected chi connectivity index (χ1v) is 11.5. The maximum Gasteiger partial charge on any atom is 0.404 e. The molecular formula is C18H28F3N3O3S. The Hall–Kier alpha value is -1.13. The second-order valence-corrected chi connectivity index (χ2v) is 9.88. The minimum atomic E-state index is -4.75. The summed E-state index contributed by atoms with van der Waals surface area (Å²) in [5, 5.41) is 0. The summed E-state index contributed by atoms with van der Waals surface area (Å²) < 4.78 is 62.4. The van der Waals surface area contributed by atoms with Crippen LogP contribution in [0.2, 0.25) is 0 Å². The highest BCUT2D eigenvalue weighted by Crippen LogP contribution is 2.31. The number of carbonyl (C=O) groups is 1. The fourth-order valence-electron chi connectivity index (χ4n) is 4.32. The summed E-state index contributed by atoms with van der Waals surface area (Å²) in [6.45, 7) is 2.40. The Labute approximate surface area is 164 Å². The van der Waals surface area contributed by atoms with Gasteiger partial charge >= 0.3 is 6.18 Å². The molecule has 0 bridgehead atoms. The summed E-state index contributed by atoms with van der Waals surface area (Å²) in [6.07, 6.45) is 2.39. The summed E-state index contributed by atoms with van der Waals surface area (Å²) in [4.78, 5) is 16.4. The molecule has 2 fully saturated rings. The zero-order chi connectivity index (χ0) is 20.4. The van der Waals surface area contributed by atoms with Crippen molar-refractivity contribution in [1.29, 1.82) is 0 Å². The molecule has 0 spiro atoms. The van der Waals surface area contributed by atoms with Crippen LogP contribution in [-0.2, 0) is 14.8 Å². The molecule has 1 atom stereocenters. The average molecular weight is 424 g/mol. The number of sulfonamides is 1. The molecular weight excluding hydrogens is 395 g/mol. The van der Waals surface area contributed by atoms with E-state index < -0.39 is 22.0 Å². The SMILES string of the molecule is O=C(CN1CCCN(S(=O)(=O)CC(F)(F)F)CC1)N1CCC2CCCC=C2C1. The van der Waals surface area contributed by atoms with Crippen molar-refractivity contribution in [2.75, 3.05) is 51.6 Å². The van der Waals surface area contributed by atoms with Crippen molar-refractivity contribution < 1.29 is 26.4 Å². The molecule has 2 heterocycles. The first-order chi connectivity index (χ1) is 13.1. The highest BCUT2D eigenvalue weighted by atomic mass is 32.2. The van der Waals surface area contributed by atoms with Gasteiger partial charge in [-0.05, 0) is 44.6 Å². The van der Waals surface area contributed by atoms with Crippen LogP contribution >= 0.6 is 0 Å². The Morgan fingerprint density at radius 3 is 2.61 bits per heavy atom. The van der Waals surface area contributed by atoms with Crippen molar-refractivity contribution >= 4 is 15.9 Å². The quantitative estimate of drug-likeness (QED) is 0.648. The Balaban J connectivity index is 1.52. The van der Waals surface area contributed by atoms with E-state index in [0.29, 0.717) is 25.4 Å². The average Bonchev–Trinajstić information content (AvgIpc) is 2.85. The number of likely N-dealkylation sites (tertiary alicyclic amines) is 1. The van der Waals surface area contributed by atoms with Gasteiger partial charge in [-0.2, -0.15) is 13.2 Å². The number of halogens is 3. The fraction of sp³-hybridized carbons (Fsp3) is 0.833. The number of carbonyl (C=O) groups excluding carboxylic acids is 1. The largest absolute Gasteiger partial charge is 0.404 e. The first kappa shape index (κ1) is 21.6. The van der Waals surface area contributed by atoms with Crippen LogP contribution in [-0.4, -0.2) is 86.2 Å². The zero-order valence-corrected chi connectivity index (χ0v) is 16.8. The number of allylic oxidation sites excluding steroid dienone is 1. The highest BCUT2D eigenvalue weighted by molar-refractivity contribution is 7.89. The standard InChI is InChI=1S/C18H28F3N3O3S/c19-18(20,21)14-28(26,27)24-8-3-7-22(10-11-24)13-17(25)23-9-6-15-4-1-2-5-16(15)12-23/h5,15H,1-4,6-14H2. The summed E-state index contributed by atoms with van der Waals surface area (Å²) in [5.74, 6) is -1.22. The van der Waals surface area contributed by atoms with Gasteiger partial charge in [0.25, 0.3) is 0 Å². The van der Waals surface area contributed by atoms with Gasteiger partial charge in [-0.1, -0.05) is 11.6 Å². The molecule has 3 aliphatic rings. The molecule has 0 saturated carbocycles. The van der Waals surface area contributed by atoms with Crippen molar-refractivity contribution in [3.05, 3.63) is 11.6 Å². The first-order valence-electron chi connectivity index (χ1n) is 9.88. The number of rotatable bonds is 4. The van der Waals surface area contributed by atoms with E-state index in [4.69, 9.17) is 0 Å². The minimum Gasteiger partial charge on any atom is -0.338 e. The maximum atomic E-state index is 12.7. The lowest BCUT2D eigenvalue weighted by atomic mass is 9.82. The van der Waals surface area contributed by atoms with E-state index in [2.05, 4.69) is 6.08 Å². The molecule has 1 unspecified atom stereocenters. The molecule has 2 aliphatic heterocycles. The number of hydrogen-bond acceptors (Lipinski definition) is 4. The molecule has 1 amide bonds. The Morgan fingerprint density at radius 2 is 1.86 bits per heavy atom. The van der Waals surface area contributed by atoms with Crippen LogP contribution in [0.25, 0.3) is 0 Å². The molecule has 28 heavy (non-hydrogen) atoms. The van der Waals surface area contributed by atoms with Crippen LogP contribution in [0, 0.1) is 5.92 Å².